The maximum absolute atomic E-state index is 13.0. The van der Waals surface area contributed by atoms with Crippen LogP contribution in [0.2, 0.25) is 0 Å². The second kappa shape index (κ2) is 8.07. The average molecular weight is 480 g/mol. The summed E-state index contributed by atoms with van der Waals surface area (Å²) in [6.07, 6.45) is 0.184. The Labute approximate surface area is 198 Å². The van der Waals surface area contributed by atoms with Crippen molar-refractivity contribution in [1.29, 1.82) is 0 Å². The van der Waals surface area contributed by atoms with E-state index in [9.17, 15) is 18.0 Å². The van der Waals surface area contributed by atoms with Gasteiger partial charge in [-0.2, -0.15) is 13.2 Å². The van der Waals surface area contributed by atoms with Crippen molar-refractivity contribution in [1.82, 2.24) is 9.97 Å². The normalized spacial score (nSPS) is 18.5. The number of rotatable bonds is 3. The van der Waals surface area contributed by atoms with Gasteiger partial charge in [-0.25, -0.2) is 9.97 Å². The zero-order chi connectivity index (χ0) is 24.2. The molecule has 1 N–H and O–H groups in total. The summed E-state index contributed by atoms with van der Waals surface area (Å²) >= 11 is 0. The number of aliphatic imine (C=N–C) groups is 1. The van der Waals surface area contributed by atoms with Gasteiger partial charge in [0.25, 0.3) is 0 Å². The third kappa shape index (κ3) is 4.09. The number of amides is 1. The van der Waals surface area contributed by atoms with E-state index in [-0.39, 0.29) is 11.8 Å². The third-order valence-electron chi connectivity index (χ3n) is 6.40. The molecule has 10 heteroatoms. The number of aromatic nitrogens is 2. The average Bonchev–Trinajstić information content (AvgIpc) is 3.27. The number of carbonyl (C=O) groups is 1. The molecule has 0 fully saturated rings. The van der Waals surface area contributed by atoms with Gasteiger partial charge in [-0.05, 0) is 54.3 Å². The zero-order valence-electron chi connectivity index (χ0n) is 18.4. The second-order valence-corrected chi connectivity index (χ2v) is 8.74. The molecule has 0 aliphatic carbocycles. The molecule has 0 bridgehead atoms. The van der Waals surface area contributed by atoms with Crippen LogP contribution in [-0.2, 0) is 30.2 Å². The number of hydrogen-bond donors (Lipinski definition) is 1. The van der Waals surface area contributed by atoms with E-state index in [0.717, 1.165) is 28.7 Å². The van der Waals surface area contributed by atoms with Crippen LogP contribution in [0.1, 0.15) is 28.8 Å². The molecule has 178 valence electrons. The first-order valence-corrected chi connectivity index (χ1v) is 11.2. The first kappa shape index (κ1) is 21.6. The Morgan fingerprint density at radius 2 is 1.97 bits per heavy atom. The molecule has 3 aromatic rings. The summed E-state index contributed by atoms with van der Waals surface area (Å²) in [7, 11) is 0. The van der Waals surface area contributed by atoms with Crippen molar-refractivity contribution in [3.05, 3.63) is 65.1 Å². The van der Waals surface area contributed by atoms with Gasteiger partial charge in [0.2, 0.25) is 5.91 Å². The molecule has 0 radical (unpaired) electrons. The first-order chi connectivity index (χ1) is 16.8. The van der Waals surface area contributed by atoms with Gasteiger partial charge in [-0.1, -0.05) is 0 Å². The number of ether oxygens (including phenoxy) is 2. The highest BCUT2D eigenvalue weighted by Crippen LogP contribution is 2.39. The Hall–Kier alpha value is -3.95. The number of alkyl halides is 3. The Bertz CT molecular complexity index is 1390. The van der Waals surface area contributed by atoms with Crippen molar-refractivity contribution < 1.29 is 27.4 Å². The van der Waals surface area contributed by atoms with Crippen molar-refractivity contribution in [2.75, 3.05) is 11.9 Å². The summed E-state index contributed by atoms with van der Waals surface area (Å²) in [5, 5.41) is 2.76. The molecule has 7 nitrogen and oxygen atoms in total. The van der Waals surface area contributed by atoms with Crippen molar-refractivity contribution in [3.8, 4) is 17.2 Å². The second-order valence-electron chi connectivity index (χ2n) is 8.74. The van der Waals surface area contributed by atoms with E-state index in [1.807, 2.05) is 18.2 Å². The molecule has 3 aliphatic rings. The third-order valence-corrected chi connectivity index (χ3v) is 6.40. The van der Waals surface area contributed by atoms with Crippen LogP contribution in [0.4, 0.5) is 24.7 Å². The van der Waals surface area contributed by atoms with Crippen LogP contribution in [0.5, 0.6) is 17.2 Å². The van der Waals surface area contributed by atoms with Crippen molar-refractivity contribution in [2.24, 2.45) is 10.9 Å². The first-order valence-electron chi connectivity index (χ1n) is 11.2. The van der Waals surface area contributed by atoms with Gasteiger partial charge in [-0.15, -0.1) is 0 Å². The lowest BCUT2D eigenvalue weighted by Crippen LogP contribution is -2.28. The number of fused-ring (bicyclic) bond motifs is 3. The molecule has 1 aromatic carbocycles. The van der Waals surface area contributed by atoms with Gasteiger partial charge in [0.05, 0.1) is 18.5 Å². The highest BCUT2D eigenvalue weighted by Gasteiger charge is 2.35. The molecule has 3 aliphatic heterocycles. The topological polar surface area (TPSA) is 85.7 Å². The summed E-state index contributed by atoms with van der Waals surface area (Å²) in [5.74, 6) is 2.38. The predicted molar refractivity (Wildman–Crippen MR) is 120 cm³/mol. The maximum Gasteiger partial charge on any atom is 0.433 e. The molecule has 6 rings (SSSR count). The standard InChI is InChI=1S/C25H19F3N4O3/c26-25(27,28)22-10-13-9-18(31-19(13)11-30-22)15-7-14-8-16(1-3-20(14)34-12-15)35-21-5-6-29-24-17(21)2-4-23(33)32-24/h1,3,5-6,8,10-11,15H,2,4,7,9,12H2,(H,29,32,33). The summed E-state index contributed by atoms with van der Waals surface area (Å²) in [6.45, 7) is 0.400. The molecular weight excluding hydrogens is 461 g/mol. The molecule has 1 atom stereocenters. The monoisotopic (exact) mass is 480 g/mol. The van der Waals surface area contributed by atoms with Gasteiger partial charge >= 0.3 is 6.18 Å². The number of benzene rings is 1. The maximum atomic E-state index is 13.0. The Kier molecular flexibility index (Phi) is 4.98. The van der Waals surface area contributed by atoms with Gasteiger partial charge in [-0.3, -0.25) is 9.79 Å². The van der Waals surface area contributed by atoms with Gasteiger partial charge in [0.1, 0.15) is 28.8 Å². The SMILES string of the molecule is O=C1CCc2c(Oc3ccc4c(c3)CC(C3=Nc5cnc(C(F)(F)F)cc5C3)CO4)ccnc2N1. The van der Waals surface area contributed by atoms with E-state index in [2.05, 4.69) is 20.3 Å². The number of anilines is 1. The minimum Gasteiger partial charge on any atom is -0.493 e. The van der Waals surface area contributed by atoms with E-state index >= 15 is 0 Å². The summed E-state index contributed by atoms with van der Waals surface area (Å²) in [4.78, 5) is 23.9. The zero-order valence-corrected chi connectivity index (χ0v) is 18.4. The molecule has 1 amide bonds. The van der Waals surface area contributed by atoms with Crippen LogP contribution in [0, 0.1) is 5.92 Å². The fourth-order valence-corrected chi connectivity index (χ4v) is 4.64. The van der Waals surface area contributed by atoms with Crippen LogP contribution < -0.4 is 14.8 Å². The fourth-order valence-electron chi connectivity index (χ4n) is 4.64. The predicted octanol–water partition coefficient (Wildman–Crippen LogP) is 5.05. The molecule has 0 saturated heterocycles. The van der Waals surface area contributed by atoms with Crippen LogP contribution in [0.3, 0.4) is 0 Å². The van der Waals surface area contributed by atoms with Gasteiger partial charge in [0.15, 0.2) is 0 Å². The highest BCUT2D eigenvalue weighted by molar-refractivity contribution is 5.96. The van der Waals surface area contributed by atoms with Crippen molar-refractivity contribution in [3.63, 3.8) is 0 Å². The van der Waals surface area contributed by atoms with Crippen LogP contribution in [0.25, 0.3) is 0 Å². The van der Waals surface area contributed by atoms with Crippen LogP contribution in [0.15, 0.2) is 47.7 Å². The summed E-state index contributed by atoms with van der Waals surface area (Å²) < 4.78 is 51.2. The van der Waals surface area contributed by atoms with Gasteiger partial charge < -0.3 is 14.8 Å². The quantitative estimate of drug-likeness (QED) is 0.567. The van der Waals surface area contributed by atoms with Crippen LogP contribution in [-0.4, -0.2) is 28.2 Å². The number of carbonyl (C=O) groups excluding carboxylic acids is 1. The molecule has 0 saturated carbocycles. The molecule has 1 unspecified atom stereocenters. The summed E-state index contributed by atoms with van der Waals surface area (Å²) in [5.41, 5.74) is 2.67. The molecular formula is C25H19F3N4O3. The number of halogens is 3. The molecule has 5 heterocycles. The lowest BCUT2D eigenvalue weighted by atomic mass is 9.90. The Morgan fingerprint density at radius 3 is 2.83 bits per heavy atom. The fraction of sp³-hybridized carbons (Fsp3) is 0.280. The Morgan fingerprint density at radius 1 is 1.09 bits per heavy atom. The lowest BCUT2D eigenvalue weighted by Gasteiger charge is -2.26. The van der Waals surface area contributed by atoms with Gasteiger partial charge in [0, 0.05) is 36.2 Å². The highest BCUT2D eigenvalue weighted by atomic mass is 19.4. The van der Waals surface area contributed by atoms with E-state index < -0.39 is 11.9 Å². The number of nitrogens with one attached hydrogen (secondary N) is 1. The smallest absolute Gasteiger partial charge is 0.433 e. The Balaban J connectivity index is 1.20. The molecule has 2 aromatic heterocycles. The number of hydrogen-bond acceptors (Lipinski definition) is 6. The minimum absolute atomic E-state index is 0.0663. The van der Waals surface area contributed by atoms with E-state index in [1.165, 1.54) is 6.20 Å². The molecule has 35 heavy (non-hydrogen) atoms. The van der Waals surface area contributed by atoms with E-state index in [1.54, 1.807) is 12.3 Å². The van der Waals surface area contributed by atoms with Crippen molar-refractivity contribution in [2.45, 2.75) is 31.9 Å². The number of nitrogens with zero attached hydrogens (tertiary/aromatic N) is 3. The minimum atomic E-state index is -4.49. The summed E-state index contributed by atoms with van der Waals surface area (Å²) in [6, 6.07) is 8.42. The van der Waals surface area contributed by atoms with Crippen LogP contribution >= 0.6 is 0 Å². The largest absolute Gasteiger partial charge is 0.493 e. The van der Waals surface area contributed by atoms with Crippen molar-refractivity contribution >= 4 is 23.1 Å². The van der Waals surface area contributed by atoms with E-state index in [0.29, 0.717) is 60.9 Å². The number of pyridine rings is 2. The lowest BCUT2D eigenvalue weighted by molar-refractivity contribution is -0.141. The van der Waals surface area contributed by atoms with E-state index in [4.69, 9.17) is 9.47 Å². The molecule has 0 spiro atoms.